The minimum absolute atomic E-state index is 0.485. The summed E-state index contributed by atoms with van der Waals surface area (Å²) in [6.07, 6.45) is 2.58. The largest absolute Gasteiger partial charge is 0.329 e. The number of rotatable bonds is 7. The maximum absolute atomic E-state index is 5.67. The first-order chi connectivity index (χ1) is 6.11. The predicted octanol–water partition coefficient (Wildman–Crippen LogP) is 2.00. The van der Waals surface area contributed by atoms with Gasteiger partial charge in [-0.1, -0.05) is 34.1 Å². The lowest BCUT2D eigenvalue weighted by Gasteiger charge is -2.22. The molecule has 0 amide bonds. The second kappa shape index (κ2) is 7.34. The molecule has 0 aliphatic rings. The average molecular weight is 186 g/mol. The molecule has 3 N–H and O–H groups in total. The quantitative estimate of drug-likeness (QED) is 0.638. The van der Waals surface area contributed by atoms with Crippen LogP contribution in [-0.2, 0) is 0 Å². The van der Waals surface area contributed by atoms with Crippen molar-refractivity contribution in [1.29, 1.82) is 0 Å². The van der Waals surface area contributed by atoms with E-state index in [1.807, 2.05) is 0 Å². The Bertz CT molecular complexity index is 113. The molecule has 0 heterocycles. The SMILES string of the molecule is CCCC(C)CNC(CN)C(C)C. The molecule has 2 atom stereocenters. The predicted molar refractivity (Wildman–Crippen MR) is 59.8 cm³/mol. The lowest BCUT2D eigenvalue weighted by atomic mass is 10.0. The van der Waals surface area contributed by atoms with Gasteiger partial charge >= 0.3 is 0 Å². The first-order valence-electron chi connectivity index (χ1n) is 5.55. The highest BCUT2D eigenvalue weighted by molar-refractivity contribution is 4.72. The molecule has 80 valence electrons. The molecule has 0 radical (unpaired) electrons. The summed E-state index contributed by atoms with van der Waals surface area (Å²) in [5.41, 5.74) is 5.67. The smallest absolute Gasteiger partial charge is 0.0213 e. The van der Waals surface area contributed by atoms with Gasteiger partial charge in [-0.25, -0.2) is 0 Å². The van der Waals surface area contributed by atoms with Gasteiger partial charge in [0.2, 0.25) is 0 Å². The van der Waals surface area contributed by atoms with Gasteiger partial charge in [0.15, 0.2) is 0 Å². The maximum atomic E-state index is 5.67. The van der Waals surface area contributed by atoms with Crippen LogP contribution < -0.4 is 11.1 Å². The minimum atomic E-state index is 0.485. The number of hydrogen-bond acceptors (Lipinski definition) is 2. The first kappa shape index (κ1) is 12.9. The van der Waals surface area contributed by atoms with Gasteiger partial charge in [0.05, 0.1) is 0 Å². The Labute approximate surface area is 83.3 Å². The molecule has 0 saturated carbocycles. The highest BCUT2D eigenvalue weighted by atomic mass is 14.9. The van der Waals surface area contributed by atoms with Gasteiger partial charge in [-0.05, 0) is 24.8 Å². The lowest BCUT2D eigenvalue weighted by Crippen LogP contribution is -2.42. The van der Waals surface area contributed by atoms with Gasteiger partial charge in [0.25, 0.3) is 0 Å². The van der Waals surface area contributed by atoms with E-state index < -0.39 is 0 Å². The van der Waals surface area contributed by atoms with Gasteiger partial charge < -0.3 is 11.1 Å². The van der Waals surface area contributed by atoms with Gasteiger partial charge in [-0.2, -0.15) is 0 Å². The van der Waals surface area contributed by atoms with Gasteiger partial charge in [0, 0.05) is 12.6 Å². The van der Waals surface area contributed by atoms with Gasteiger partial charge in [0.1, 0.15) is 0 Å². The van der Waals surface area contributed by atoms with Crippen LogP contribution in [0.4, 0.5) is 0 Å². The highest BCUT2D eigenvalue weighted by Gasteiger charge is 2.11. The molecule has 0 aromatic heterocycles. The lowest BCUT2D eigenvalue weighted by molar-refractivity contribution is 0.367. The van der Waals surface area contributed by atoms with Crippen LogP contribution in [0.3, 0.4) is 0 Å². The molecule has 0 aliphatic heterocycles. The zero-order chi connectivity index (χ0) is 10.3. The molecule has 0 aromatic rings. The number of hydrogen-bond donors (Lipinski definition) is 2. The minimum Gasteiger partial charge on any atom is -0.329 e. The van der Waals surface area contributed by atoms with Gasteiger partial charge in [-0.3, -0.25) is 0 Å². The molecule has 0 rings (SSSR count). The fourth-order valence-electron chi connectivity index (χ4n) is 1.54. The molecule has 0 fully saturated rings. The van der Waals surface area contributed by atoms with Crippen LogP contribution in [0.2, 0.25) is 0 Å². The van der Waals surface area contributed by atoms with E-state index in [2.05, 4.69) is 33.0 Å². The highest BCUT2D eigenvalue weighted by Crippen LogP contribution is 2.05. The number of nitrogens with two attached hydrogens (primary N) is 1. The Morgan fingerprint density at radius 3 is 2.23 bits per heavy atom. The van der Waals surface area contributed by atoms with E-state index in [0.717, 1.165) is 19.0 Å². The van der Waals surface area contributed by atoms with Crippen molar-refractivity contribution < 1.29 is 0 Å². The summed E-state index contributed by atoms with van der Waals surface area (Å²) in [4.78, 5) is 0. The second-order valence-corrected chi connectivity index (χ2v) is 4.39. The van der Waals surface area contributed by atoms with Crippen LogP contribution in [-0.4, -0.2) is 19.1 Å². The van der Waals surface area contributed by atoms with E-state index in [1.54, 1.807) is 0 Å². The van der Waals surface area contributed by atoms with Crippen molar-refractivity contribution in [3.63, 3.8) is 0 Å². The summed E-state index contributed by atoms with van der Waals surface area (Å²) in [6.45, 7) is 10.8. The molecule has 13 heavy (non-hydrogen) atoms. The molecule has 0 aliphatic carbocycles. The molecule has 0 bridgehead atoms. The number of nitrogens with one attached hydrogen (secondary N) is 1. The normalized spacial score (nSPS) is 16.2. The summed E-state index contributed by atoms with van der Waals surface area (Å²) in [7, 11) is 0. The van der Waals surface area contributed by atoms with Crippen molar-refractivity contribution in [3.8, 4) is 0 Å². The molecule has 0 aromatic carbocycles. The van der Waals surface area contributed by atoms with Crippen LogP contribution in [0, 0.1) is 11.8 Å². The monoisotopic (exact) mass is 186 g/mol. The zero-order valence-corrected chi connectivity index (χ0v) is 9.64. The summed E-state index contributed by atoms with van der Waals surface area (Å²) in [5, 5.41) is 3.53. The fourth-order valence-corrected chi connectivity index (χ4v) is 1.54. The van der Waals surface area contributed by atoms with Crippen molar-refractivity contribution in [2.24, 2.45) is 17.6 Å². The van der Waals surface area contributed by atoms with Crippen molar-refractivity contribution in [3.05, 3.63) is 0 Å². The first-order valence-corrected chi connectivity index (χ1v) is 5.55. The van der Waals surface area contributed by atoms with E-state index in [-0.39, 0.29) is 0 Å². The van der Waals surface area contributed by atoms with Crippen molar-refractivity contribution >= 4 is 0 Å². The summed E-state index contributed by atoms with van der Waals surface area (Å²) in [5.74, 6) is 1.41. The summed E-state index contributed by atoms with van der Waals surface area (Å²) in [6, 6.07) is 0.485. The van der Waals surface area contributed by atoms with Crippen LogP contribution in [0.15, 0.2) is 0 Å². The van der Waals surface area contributed by atoms with Crippen LogP contribution in [0.25, 0.3) is 0 Å². The molecule has 0 saturated heterocycles. The molecular formula is C11H26N2. The topological polar surface area (TPSA) is 38.0 Å². The van der Waals surface area contributed by atoms with Crippen molar-refractivity contribution in [2.75, 3.05) is 13.1 Å². The summed E-state index contributed by atoms with van der Waals surface area (Å²) >= 11 is 0. The molecule has 2 nitrogen and oxygen atoms in total. The fraction of sp³-hybridized carbons (Fsp3) is 1.00. The van der Waals surface area contributed by atoms with Crippen LogP contribution in [0.1, 0.15) is 40.5 Å². The van der Waals surface area contributed by atoms with E-state index in [1.165, 1.54) is 12.8 Å². The standard InChI is InChI=1S/C11H26N2/c1-5-6-10(4)8-13-11(7-12)9(2)3/h9-11,13H,5-8,12H2,1-4H3. The van der Waals surface area contributed by atoms with Crippen molar-refractivity contribution in [1.82, 2.24) is 5.32 Å². The second-order valence-electron chi connectivity index (χ2n) is 4.39. The Morgan fingerprint density at radius 1 is 1.23 bits per heavy atom. The van der Waals surface area contributed by atoms with E-state index in [0.29, 0.717) is 12.0 Å². The van der Waals surface area contributed by atoms with Crippen molar-refractivity contribution in [2.45, 2.75) is 46.6 Å². The van der Waals surface area contributed by atoms with E-state index in [4.69, 9.17) is 5.73 Å². The Hall–Kier alpha value is -0.0800. The van der Waals surface area contributed by atoms with Crippen LogP contribution in [0.5, 0.6) is 0 Å². The molecule has 0 spiro atoms. The molecule has 2 unspecified atom stereocenters. The molecule has 2 heteroatoms. The third kappa shape index (κ3) is 6.05. The summed E-state index contributed by atoms with van der Waals surface area (Å²) < 4.78 is 0. The van der Waals surface area contributed by atoms with E-state index in [9.17, 15) is 0 Å². The Morgan fingerprint density at radius 2 is 1.85 bits per heavy atom. The maximum Gasteiger partial charge on any atom is 0.0213 e. The third-order valence-electron chi connectivity index (χ3n) is 2.57. The van der Waals surface area contributed by atoms with Crippen LogP contribution >= 0.6 is 0 Å². The Kier molecular flexibility index (Phi) is 7.29. The third-order valence-corrected chi connectivity index (χ3v) is 2.57. The Balaban J connectivity index is 3.59. The molecular weight excluding hydrogens is 160 g/mol. The van der Waals surface area contributed by atoms with E-state index >= 15 is 0 Å². The average Bonchev–Trinajstić information content (AvgIpc) is 2.05. The zero-order valence-electron chi connectivity index (χ0n) is 9.64. The van der Waals surface area contributed by atoms with Gasteiger partial charge in [-0.15, -0.1) is 0 Å².